The molecule has 0 saturated heterocycles. The molecule has 0 radical (unpaired) electrons. The third-order valence-corrected chi connectivity index (χ3v) is 2.02. The van der Waals surface area contributed by atoms with Gasteiger partial charge >= 0.3 is 6.03 Å². The van der Waals surface area contributed by atoms with Gasteiger partial charge in [-0.1, -0.05) is 24.0 Å². The molecule has 0 unspecified atom stereocenters. The van der Waals surface area contributed by atoms with E-state index < -0.39 is 5.82 Å². The first-order chi connectivity index (χ1) is 9.09. The normalized spacial score (nSPS) is 9.47. The summed E-state index contributed by atoms with van der Waals surface area (Å²) in [7, 11) is 0. The highest BCUT2D eigenvalue weighted by Gasteiger charge is 2.00. The zero-order valence-electron chi connectivity index (χ0n) is 11.0. The minimum absolute atomic E-state index is 0.0778. The highest BCUT2D eigenvalue weighted by Crippen LogP contribution is 2.14. The van der Waals surface area contributed by atoms with Crippen LogP contribution in [0.1, 0.15) is 13.8 Å². The largest absolute Gasteiger partial charge is 0.478 e. The Morgan fingerprint density at radius 2 is 2.11 bits per heavy atom. The van der Waals surface area contributed by atoms with E-state index in [0.717, 1.165) is 0 Å². The SMILES string of the molecule is CC(C)NC(=O)NCC#CCOc1ccccc1F. The summed E-state index contributed by atoms with van der Waals surface area (Å²) in [4.78, 5) is 11.2. The molecule has 0 saturated carbocycles. The Kier molecular flexibility index (Phi) is 6.23. The molecule has 0 bridgehead atoms. The van der Waals surface area contributed by atoms with Gasteiger partial charge in [0.2, 0.25) is 0 Å². The molecule has 102 valence electrons. The lowest BCUT2D eigenvalue weighted by Crippen LogP contribution is -2.39. The van der Waals surface area contributed by atoms with Crippen LogP contribution in [0.5, 0.6) is 5.75 Å². The van der Waals surface area contributed by atoms with Crippen molar-refractivity contribution in [1.29, 1.82) is 0 Å². The van der Waals surface area contributed by atoms with E-state index in [1.165, 1.54) is 12.1 Å². The molecule has 1 aromatic carbocycles. The molecule has 4 nitrogen and oxygen atoms in total. The summed E-state index contributed by atoms with van der Waals surface area (Å²) in [6.07, 6.45) is 0. The van der Waals surface area contributed by atoms with Crippen molar-refractivity contribution in [1.82, 2.24) is 10.6 Å². The Bertz CT molecular complexity index is 478. The number of hydrogen-bond acceptors (Lipinski definition) is 2. The Morgan fingerprint density at radius 1 is 1.37 bits per heavy atom. The van der Waals surface area contributed by atoms with Crippen LogP contribution in [0.25, 0.3) is 0 Å². The second kappa shape index (κ2) is 7.98. The summed E-state index contributed by atoms with van der Waals surface area (Å²) < 4.78 is 18.3. The first-order valence-electron chi connectivity index (χ1n) is 5.97. The molecular formula is C14H17FN2O2. The number of rotatable bonds is 4. The van der Waals surface area contributed by atoms with Gasteiger partial charge in [-0.15, -0.1) is 0 Å². The minimum Gasteiger partial charge on any atom is -0.478 e. The van der Waals surface area contributed by atoms with Crippen LogP contribution in [0, 0.1) is 17.7 Å². The zero-order valence-corrected chi connectivity index (χ0v) is 11.0. The van der Waals surface area contributed by atoms with Gasteiger partial charge in [0.05, 0.1) is 6.54 Å². The van der Waals surface area contributed by atoms with Crippen LogP contribution in [-0.2, 0) is 0 Å². The molecule has 19 heavy (non-hydrogen) atoms. The van der Waals surface area contributed by atoms with E-state index in [-0.39, 0.29) is 31.0 Å². The predicted molar refractivity (Wildman–Crippen MR) is 71.3 cm³/mol. The lowest BCUT2D eigenvalue weighted by atomic mass is 10.3. The average Bonchev–Trinajstić information content (AvgIpc) is 2.34. The Morgan fingerprint density at radius 3 is 2.79 bits per heavy atom. The standard InChI is InChI=1S/C14H17FN2O2/c1-11(2)17-14(18)16-9-5-6-10-19-13-8-4-3-7-12(13)15/h3-4,7-8,11H,9-10H2,1-2H3,(H2,16,17,18). The number of halogens is 1. The number of benzene rings is 1. The smallest absolute Gasteiger partial charge is 0.315 e. The molecule has 0 spiro atoms. The van der Waals surface area contributed by atoms with Crippen LogP contribution < -0.4 is 15.4 Å². The summed E-state index contributed by atoms with van der Waals surface area (Å²) >= 11 is 0. The van der Waals surface area contributed by atoms with Gasteiger partial charge in [-0.25, -0.2) is 9.18 Å². The predicted octanol–water partition coefficient (Wildman–Crippen LogP) is 1.92. The number of carbonyl (C=O) groups is 1. The topological polar surface area (TPSA) is 50.4 Å². The second-order valence-corrected chi connectivity index (χ2v) is 4.05. The van der Waals surface area contributed by atoms with E-state index in [9.17, 15) is 9.18 Å². The fourth-order valence-electron chi connectivity index (χ4n) is 1.23. The van der Waals surface area contributed by atoms with E-state index in [1.807, 2.05) is 13.8 Å². The maximum absolute atomic E-state index is 13.2. The first-order valence-corrected chi connectivity index (χ1v) is 5.97. The lowest BCUT2D eigenvalue weighted by molar-refractivity contribution is 0.239. The molecular weight excluding hydrogens is 247 g/mol. The first kappa shape index (κ1) is 14.8. The third-order valence-electron chi connectivity index (χ3n) is 2.02. The highest BCUT2D eigenvalue weighted by atomic mass is 19.1. The summed E-state index contributed by atoms with van der Waals surface area (Å²) in [5.74, 6) is 5.15. The van der Waals surface area contributed by atoms with Gasteiger partial charge in [0.15, 0.2) is 11.6 Å². The fraction of sp³-hybridized carbons (Fsp3) is 0.357. The fourth-order valence-corrected chi connectivity index (χ4v) is 1.23. The summed E-state index contributed by atoms with van der Waals surface area (Å²) in [5, 5.41) is 5.24. The number of nitrogens with one attached hydrogen (secondary N) is 2. The number of para-hydroxylation sites is 1. The maximum atomic E-state index is 13.2. The maximum Gasteiger partial charge on any atom is 0.315 e. The van der Waals surface area contributed by atoms with Crippen molar-refractivity contribution >= 4 is 6.03 Å². The van der Waals surface area contributed by atoms with Gasteiger partial charge in [-0.3, -0.25) is 0 Å². The lowest BCUT2D eigenvalue weighted by Gasteiger charge is -2.07. The summed E-state index contributed by atoms with van der Waals surface area (Å²) in [5.41, 5.74) is 0. The van der Waals surface area contributed by atoms with E-state index in [4.69, 9.17) is 4.74 Å². The van der Waals surface area contributed by atoms with Crippen molar-refractivity contribution in [2.75, 3.05) is 13.2 Å². The van der Waals surface area contributed by atoms with Crippen LogP contribution in [0.15, 0.2) is 24.3 Å². The number of amides is 2. The second-order valence-electron chi connectivity index (χ2n) is 4.05. The van der Waals surface area contributed by atoms with Crippen LogP contribution in [0.2, 0.25) is 0 Å². The van der Waals surface area contributed by atoms with Crippen LogP contribution >= 0.6 is 0 Å². The molecule has 5 heteroatoms. The molecule has 2 N–H and O–H groups in total. The highest BCUT2D eigenvalue weighted by molar-refractivity contribution is 5.74. The number of urea groups is 1. The third kappa shape index (κ3) is 6.32. The van der Waals surface area contributed by atoms with Crippen molar-refractivity contribution in [3.8, 4) is 17.6 Å². The number of ether oxygens (including phenoxy) is 1. The van der Waals surface area contributed by atoms with Gasteiger partial charge in [0.25, 0.3) is 0 Å². The molecule has 0 atom stereocenters. The van der Waals surface area contributed by atoms with E-state index in [1.54, 1.807) is 12.1 Å². The van der Waals surface area contributed by atoms with Crippen LogP contribution in [0.4, 0.5) is 9.18 Å². The van der Waals surface area contributed by atoms with Gasteiger partial charge in [0, 0.05) is 6.04 Å². The number of hydrogen-bond donors (Lipinski definition) is 2. The van der Waals surface area contributed by atoms with Crippen molar-refractivity contribution in [2.45, 2.75) is 19.9 Å². The zero-order chi connectivity index (χ0) is 14.1. The summed E-state index contributed by atoms with van der Waals surface area (Å²) in [6, 6.07) is 5.94. The van der Waals surface area contributed by atoms with Gasteiger partial charge in [-0.2, -0.15) is 0 Å². The monoisotopic (exact) mass is 264 g/mol. The molecule has 1 rings (SSSR count). The van der Waals surface area contributed by atoms with E-state index >= 15 is 0 Å². The number of carbonyl (C=O) groups excluding carboxylic acids is 1. The molecule has 0 aliphatic heterocycles. The van der Waals surface area contributed by atoms with Gasteiger partial charge in [0.1, 0.15) is 6.61 Å². The molecule has 0 heterocycles. The van der Waals surface area contributed by atoms with E-state index in [2.05, 4.69) is 22.5 Å². The van der Waals surface area contributed by atoms with Crippen molar-refractivity contribution < 1.29 is 13.9 Å². The molecule has 0 aromatic heterocycles. The quantitative estimate of drug-likeness (QED) is 0.816. The molecule has 1 aromatic rings. The van der Waals surface area contributed by atoms with E-state index in [0.29, 0.717) is 0 Å². The van der Waals surface area contributed by atoms with Crippen molar-refractivity contribution in [3.63, 3.8) is 0 Å². The molecule has 0 aliphatic rings. The Labute approximate surface area is 112 Å². The molecule has 0 fully saturated rings. The van der Waals surface area contributed by atoms with Crippen LogP contribution in [0.3, 0.4) is 0 Å². The van der Waals surface area contributed by atoms with Crippen molar-refractivity contribution in [3.05, 3.63) is 30.1 Å². The average molecular weight is 264 g/mol. The van der Waals surface area contributed by atoms with Gasteiger partial charge in [-0.05, 0) is 26.0 Å². The van der Waals surface area contributed by atoms with Gasteiger partial charge < -0.3 is 15.4 Å². The van der Waals surface area contributed by atoms with Crippen LogP contribution in [-0.4, -0.2) is 25.2 Å². The van der Waals surface area contributed by atoms with Crippen molar-refractivity contribution in [2.24, 2.45) is 0 Å². The molecule has 0 aliphatic carbocycles. The molecule has 2 amide bonds. The Hall–Kier alpha value is -2.22. The Balaban J connectivity index is 2.22. The summed E-state index contributed by atoms with van der Waals surface area (Å²) in [6.45, 7) is 4.04. The minimum atomic E-state index is -0.418.